The molecule has 0 saturated carbocycles. The van der Waals surface area contributed by atoms with E-state index in [1.807, 2.05) is 6.07 Å². The molecule has 19 heavy (non-hydrogen) atoms. The summed E-state index contributed by atoms with van der Waals surface area (Å²) in [5.74, 6) is -0.396. The summed E-state index contributed by atoms with van der Waals surface area (Å²) in [7, 11) is 0. The molecular formula is C13H19Cl2FN2O. The fourth-order valence-corrected chi connectivity index (χ4v) is 2.51. The van der Waals surface area contributed by atoms with E-state index in [1.54, 1.807) is 6.07 Å². The lowest BCUT2D eigenvalue weighted by atomic mass is 10.0. The fourth-order valence-electron chi connectivity index (χ4n) is 2.40. The summed E-state index contributed by atoms with van der Waals surface area (Å²) in [6, 6.07) is 4.96. The van der Waals surface area contributed by atoms with Crippen molar-refractivity contribution in [2.24, 2.45) is 0 Å². The molecule has 1 saturated heterocycles. The smallest absolute Gasteiger partial charge is 0.142 e. The van der Waals surface area contributed by atoms with Gasteiger partial charge in [-0.2, -0.15) is 0 Å². The lowest BCUT2D eigenvalue weighted by Gasteiger charge is -2.35. The molecule has 0 aliphatic carbocycles. The molecule has 1 fully saturated rings. The van der Waals surface area contributed by atoms with E-state index in [9.17, 15) is 9.50 Å². The number of hydrogen-bond donors (Lipinski definition) is 2. The zero-order chi connectivity index (χ0) is 13.0. The minimum atomic E-state index is -0.396. The normalized spacial score (nSPS) is 17.8. The van der Waals surface area contributed by atoms with Gasteiger partial charge in [0.05, 0.1) is 5.02 Å². The van der Waals surface area contributed by atoms with Crippen LogP contribution in [0.1, 0.15) is 18.0 Å². The van der Waals surface area contributed by atoms with Gasteiger partial charge in [0.1, 0.15) is 5.82 Å². The Morgan fingerprint density at radius 2 is 2.05 bits per heavy atom. The highest BCUT2D eigenvalue weighted by molar-refractivity contribution is 6.30. The van der Waals surface area contributed by atoms with Gasteiger partial charge in [-0.3, -0.25) is 4.90 Å². The molecule has 2 rings (SSSR count). The van der Waals surface area contributed by atoms with Gasteiger partial charge in [0.25, 0.3) is 0 Å². The van der Waals surface area contributed by atoms with Crippen molar-refractivity contribution in [3.05, 3.63) is 34.6 Å². The number of aliphatic hydroxyl groups is 1. The van der Waals surface area contributed by atoms with E-state index >= 15 is 0 Å². The van der Waals surface area contributed by atoms with Crippen LogP contribution in [-0.2, 0) is 0 Å². The Morgan fingerprint density at radius 3 is 2.63 bits per heavy atom. The first-order valence-corrected chi connectivity index (χ1v) is 6.60. The quantitative estimate of drug-likeness (QED) is 0.895. The molecule has 0 spiro atoms. The molecule has 1 aliphatic heterocycles. The minimum Gasteiger partial charge on any atom is -0.396 e. The van der Waals surface area contributed by atoms with Gasteiger partial charge in [0.15, 0.2) is 0 Å². The summed E-state index contributed by atoms with van der Waals surface area (Å²) in [4.78, 5) is 2.27. The van der Waals surface area contributed by atoms with Crippen molar-refractivity contribution in [3.63, 3.8) is 0 Å². The molecule has 1 aromatic carbocycles. The van der Waals surface area contributed by atoms with Gasteiger partial charge in [-0.25, -0.2) is 4.39 Å². The van der Waals surface area contributed by atoms with Crippen LogP contribution >= 0.6 is 24.0 Å². The average molecular weight is 309 g/mol. The third-order valence-corrected chi connectivity index (χ3v) is 3.63. The summed E-state index contributed by atoms with van der Waals surface area (Å²) in [6.45, 7) is 3.78. The molecule has 0 bridgehead atoms. The molecule has 2 N–H and O–H groups in total. The molecular weight excluding hydrogens is 290 g/mol. The maximum atomic E-state index is 13.5. The molecule has 1 heterocycles. The van der Waals surface area contributed by atoms with Crippen molar-refractivity contribution in [1.82, 2.24) is 10.2 Å². The third kappa shape index (κ3) is 4.29. The van der Waals surface area contributed by atoms with Crippen LogP contribution in [0.2, 0.25) is 5.02 Å². The Morgan fingerprint density at radius 1 is 1.37 bits per heavy atom. The van der Waals surface area contributed by atoms with Crippen molar-refractivity contribution in [2.45, 2.75) is 12.5 Å². The Labute approximate surface area is 124 Å². The lowest BCUT2D eigenvalue weighted by molar-refractivity contribution is 0.141. The average Bonchev–Trinajstić information content (AvgIpc) is 2.40. The second kappa shape index (κ2) is 8.02. The number of halogens is 3. The van der Waals surface area contributed by atoms with Gasteiger partial charge in [0, 0.05) is 38.8 Å². The Balaban J connectivity index is 0.00000180. The van der Waals surface area contributed by atoms with E-state index in [0.717, 1.165) is 31.7 Å². The Kier molecular flexibility index (Phi) is 7.04. The fraction of sp³-hybridized carbons (Fsp3) is 0.538. The van der Waals surface area contributed by atoms with Crippen molar-refractivity contribution < 1.29 is 9.50 Å². The van der Waals surface area contributed by atoms with E-state index in [4.69, 9.17) is 11.6 Å². The van der Waals surface area contributed by atoms with Crippen molar-refractivity contribution in [3.8, 4) is 0 Å². The largest absolute Gasteiger partial charge is 0.396 e. The zero-order valence-electron chi connectivity index (χ0n) is 10.6. The van der Waals surface area contributed by atoms with E-state index in [2.05, 4.69) is 10.2 Å². The minimum absolute atomic E-state index is 0. The highest BCUT2D eigenvalue weighted by atomic mass is 35.5. The molecule has 0 radical (unpaired) electrons. The van der Waals surface area contributed by atoms with Crippen LogP contribution < -0.4 is 5.32 Å². The summed E-state index contributed by atoms with van der Waals surface area (Å²) in [5.41, 5.74) is 0.882. The molecule has 1 aromatic rings. The first-order chi connectivity index (χ1) is 8.72. The number of piperazine rings is 1. The van der Waals surface area contributed by atoms with Gasteiger partial charge < -0.3 is 10.4 Å². The zero-order valence-corrected chi connectivity index (χ0v) is 12.2. The standard InChI is InChI=1S/C13H18ClFN2O.ClH/c14-11-2-1-10(9-12(11)15)13(3-8-18)17-6-4-16-5-7-17;/h1-2,9,13,16,18H,3-8H2;1H/t13-;/m1./s1. The van der Waals surface area contributed by atoms with E-state index in [1.165, 1.54) is 6.07 Å². The van der Waals surface area contributed by atoms with Crippen LogP contribution in [0.4, 0.5) is 4.39 Å². The van der Waals surface area contributed by atoms with Gasteiger partial charge in [0.2, 0.25) is 0 Å². The highest BCUT2D eigenvalue weighted by Crippen LogP contribution is 2.27. The third-order valence-electron chi connectivity index (χ3n) is 3.32. The number of nitrogens with zero attached hydrogens (tertiary/aromatic N) is 1. The van der Waals surface area contributed by atoms with Crippen molar-refractivity contribution in [1.29, 1.82) is 0 Å². The predicted molar refractivity (Wildman–Crippen MR) is 77.5 cm³/mol. The maximum Gasteiger partial charge on any atom is 0.142 e. The number of nitrogens with one attached hydrogen (secondary N) is 1. The molecule has 1 aliphatic rings. The second-order valence-corrected chi connectivity index (χ2v) is 4.89. The molecule has 6 heteroatoms. The number of hydrogen-bond acceptors (Lipinski definition) is 3. The van der Waals surface area contributed by atoms with Crippen LogP contribution in [0, 0.1) is 5.82 Å². The maximum absolute atomic E-state index is 13.5. The van der Waals surface area contributed by atoms with Crippen molar-refractivity contribution in [2.75, 3.05) is 32.8 Å². The Bertz CT molecular complexity index is 400. The summed E-state index contributed by atoms with van der Waals surface area (Å²) >= 11 is 5.70. The van der Waals surface area contributed by atoms with Crippen LogP contribution in [0.5, 0.6) is 0 Å². The summed E-state index contributed by atoms with van der Waals surface area (Å²) in [6.07, 6.45) is 0.612. The number of aliphatic hydroxyl groups excluding tert-OH is 1. The van der Waals surface area contributed by atoms with Gasteiger partial charge in [-0.15, -0.1) is 12.4 Å². The molecule has 108 valence electrons. The van der Waals surface area contributed by atoms with Gasteiger partial charge >= 0.3 is 0 Å². The topological polar surface area (TPSA) is 35.5 Å². The molecule has 0 unspecified atom stereocenters. The van der Waals surface area contributed by atoms with Crippen molar-refractivity contribution >= 4 is 24.0 Å². The van der Waals surface area contributed by atoms with E-state index in [-0.39, 0.29) is 30.1 Å². The monoisotopic (exact) mass is 308 g/mol. The van der Waals surface area contributed by atoms with E-state index in [0.29, 0.717) is 6.42 Å². The lowest BCUT2D eigenvalue weighted by Crippen LogP contribution is -2.45. The van der Waals surface area contributed by atoms with Crippen LogP contribution in [0.3, 0.4) is 0 Å². The van der Waals surface area contributed by atoms with Gasteiger partial charge in [-0.1, -0.05) is 17.7 Å². The highest BCUT2D eigenvalue weighted by Gasteiger charge is 2.22. The predicted octanol–water partition coefficient (Wildman–Crippen LogP) is 2.23. The molecule has 3 nitrogen and oxygen atoms in total. The first kappa shape index (κ1) is 16.7. The molecule has 0 aromatic heterocycles. The number of rotatable bonds is 4. The SMILES string of the molecule is Cl.OCC[C@H](c1ccc(Cl)c(F)c1)N1CCNCC1. The summed E-state index contributed by atoms with van der Waals surface area (Å²) in [5, 5.41) is 12.6. The van der Waals surface area contributed by atoms with Gasteiger partial charge in [-0.05, 0) is 24.1 Å². The molecule has 1 atom stereocenters. The first-order valence-electron chi connectivity index (χ1n) is 6.23. The second-order valence-electron chi connectivity index (χ2n) is 4.49. The van der Waals surface area contributed by atoms with Crippen LogP contribution in [0.15, 0.2) is 18.2 Å². The Hall–Kier alpha value is -0.390. The van der Waals surface area contributed by atoms with Crippen LogP contribution in [0.25, 0.3) is 0 Å². The summed E-state index contributed by atoms with van der Waals surface area (Å²) < 4.78 is 13.5. The van der Waals surface area contributed by atoms with Crippen LogP contribution in [-0.4, -0.2) is 42.8 Å². The number of benzene rings is 1. The van der Waals surface area contributed by atoms with E-state index < -0.39 is 5.82 Å². The molecule has 0 amide bonds.